The molecule has 7 heteroatoms. The van der Waals surface area contributed by atoms with Crippen LogP contribution in [0.2, 0.25) is 0 Å². The molecule has 0 radical (unpaired) electrons. The number of rotatable bonds is 6. The molecule has 0 bridgehead atoms. The molecule has 34 heavy (non-hydrogen) atoms. The number of hydrogen-bond acceptors (Lipinski definition) is 3. The van der Waals surface area contributed by atoms with E-state index in [1.54, 1.807) is 12.1 Å². The van der Waals surface area contributed by atoms with Crippen LogP contribution in [0.15, 0.2) is 54.6 Å². The summed E-state index contributed by atoms with van der Waals surface area (Å²) in [7, 11) is 0. The molecule has 3 aromatic rings. The molecule has 0 spiro atoms. The van der Waals surface area contributed by atoms with Gasteiger partial charge in [0.05, 0.1) is 11.3 Å². The lowest BCUT2D eigenvalue weighted by Gasteiger charge is -2.28. The van der Waals surface area contributed by atoms with Gasteiger partial charge in [-0.2, -0.15) is 0 Å². The highest BCUT2D eigenvalue weighted by Crippen LogP contribution is 2.30. The highest BCUT2D eigenvalue weighted by Gasteiger charge is 2.30. The van der Waals surface area contributed by atoms with Gasteiger partial charge in [0.2, 0.25) is 0 Å². The summed E-state index contributed by atoms with van der Waals surface area (Å²) >= 11 is 0. The number of fused-ring (bicyclic) bond motifs is 1. The van der Waals surface area contributed by atoms with E-state index in [0.29, 0.717) is 11.4 Å². The predicted molar refractivity (Wildman–Crippen MR) is 133 cm³/mol. The topological polar surface area (TPSA) is 98.7 Å². The Morgan fingerprint density at radius 1 is 0.912 bits per heavy atom. The van der Waals surface area contributed by atoms with E-state index < -0.39 is 12.0 Å². The Morgan fingerprint density at radius 3 is 2.15 bits per heavy atom. The molecular weight excluding hydrogens is 430 g/mol. The number of benzene rings is 3. The molecule has 3 aromatic carbocycles. The van der Waals surface area contributed by atoms with E-state index in [2.05, 4.69) is 10.6 Å². The zero-order valence-electron chi connectivity index (χ0n) is 19.4. The Labute approximate surface area is 198 Å². The van der Waals surface area contributed by atoms with Crippen LogP contribution in [-0.2, 0) is 4.79 Å². The van der Waals surface area contributed by atoms with Gasteiger partial charge in [-0.1, -0.05) is 55.3 Å². The van der Waals surface area contributed by atoms with E-state index in [1.807, 2.05) is 56.3 Å². The molecule has 176 valence electrons. The van der Waals surface area contributed by atoms with Crippen molar-refractivity contribution in [1.82, 2.24) is 4.90 Å². The smallest absolute Gasteiger partial charge is 0.323 e. The molecule has 3 N–H and O–H groups in total. The van der Waals surface area contributed by atoms with Crippen LogP contribution in [0, 0.1) is 13.8 Å². The zero-order chi connectivity index (χ0) is 24.2. The number of carboxylic acids is 1. The highest BCUT2D eigenvalue weighted by molar-refractivity contribution is 6.10. The van der Waals surface area contributed by atoms with Gasteiger partial charge >= 0.3 is 12.0 Å². The fourth-order valence-electron chi connectivity index (χ4n) is 4.68. The first-order valence-electron chi connectivity index (χ1n) is 11.5. The van der Waals surface area contributed by atoms with Crippen molar-refractivity contribution in [2.75, 3.05) is 17.2 Å². The van der Waals surface area contributed by atoms with Crippen LogP contribution in [0.3, 0.4) is 0 Å². The second-order valence-electron chi connectivity index (χ2n) is 8.86. The fourth-order valence-corrected chi connectivity index (χ4v) is 4.68. The van der Waals surface area contributed by atoms with Gasteiger partial charge in [-0.15, -0.1) is 0 Å². The summed E-state index contributed by atoms with van der Waals surface area (Å²) in [5.74, 6) is -1.44. The van der Waals surface area contributed by atoms with Gasteiger partial charge in [-0.25, -0.2) is 4.79 Å². The molecule has 0 unspecified atom stereocenters. The third-order valence-electron chi connectivity index (χ3n) is 6.42. The van der Waals surface area contributed by atoms with Crippen LogP contribution < -0.4 is 10.6 Å². The maximum Gasteiger partial charge on any atom is 0.323 e. The molecule has 4 rings (SSSR count). The van der Waals surface area contributed by atoms with Gasteiger partial charge in [0, 0.05) is 11.7 Å². The number of carbonyl (C=O) groups is 3. The standard InChI is InChI=1S/C27H29N3O4/c1-17-8-7-9-18(2)25(17)29-27(34)28-23-15-20-11-4-3-10-19(20)14-22(23)26(33)30(16-24(31)32)21-12-5-6-13-21/h3-4,7-11,14-15,21H,5-6,12-13,16H2,1-2H3,(H,31,32)(H2,28,29,34). The van der Waals surface area contributed by atoms with E-state index >= 15 is 0 Å². The summed E-state index contributed by atoms with van der Waals surface area (Å²) in [6, 6.07) is 16.2. The number of aliphatic carboxylic acids is 1. The van der Waals surface area contributed by atoms with Crippen molar-refractivity contribution in [3.8, 4) is 0 Å². The number of anilines is 2. The molecule has 1 aliphatic rings. The quantitative estimate of drug-likeness (QED) is 0.449. The largest absolute Gasteiger partial charge is 0.480 e. The average molecular weight is 460 g/mol. The van der Waals surface area contributed by atoms with Gasteiger partial charge in [0.15, 0.2) is 0 Å². The summed E-state index contributed by atoms with van der Waals surface area (Å²) in [6.45, 7) is 3.46. The van der Waals surface area contributed by atoms with Crippen LogP contribution in [-0.4, -0.2) is 40.5 Å². The first kappa shape index (κ1) is 23.3. The first-order valence-corrected chi connectivity index (χ1v) is 11.5. The number of para-hydroxylation sites is 1. The van der Waals surface area contributed by atoms with Crippen molar-refractivity contribution in [2.24, 2.45) is 0 Å². The van der Waals surface area contributed by atoms with Gasteiger partial charge < -0.3 is 20.6 Å². The number of aryl methyl sites for hydroxylation is 2. The number of carboxylic acid groups (broad SMARTS) is 1. The van der Waals surface area contributed by atoms with Crippen LogP contribution in [0.5, 0.6) is 0 Å². The second-order valence-corrected chi connectivity index (χ2v) is 8.86. The Balaban J connectivity index is 1.70. The van der Waals surface area contributed by atoms with Gasteiger partial charge in [0.1, 0.15) is 6.54 Å². The van der Waals surface area contributed by atoms with E-state index in [4.69, 9.17) is 0 Å². The fraction of sp³-hybridized carbons (Fsp3) is 0.296. The van der Waals surface area contributed by atoms with Crippen molar-refractivity contribution in [3.63, 3.8) is 0 Å². The summed E-state index contributed by atoms with van der Waals surface area (Å²) < 4.78 is 0. The third kappa shape index (κ3) is 5.03. The van der Waals surface area contributed by atoms with E-state index in [9.17, 15) is 19.5 Å². The molecule has 1 saturated carbocycles. The number of carbonyl (C=O) groups excluding carboxylic acids is 2. The molecular formula is C27H29N3O4. The monoisotopic (exact) mass is 459 g/mol. The van der Waals surface area contributed by atoms with Crippen LogP contribution in [0.4, 0.5) is 16.2 Å². The maximum absolute atomic E-state index is 13.7. The molecule has 0 heterocycles. The SMILES string of the molecule is Cc1cccc(C)c1NC(=O)Nc1cc2ccccc2cc1C(=O)N(CC(=O)O)C1CCCC1. The summed E-state index contributed by atoms with van der Waals surface area (Å²) in [4.78, 5) is 39.6. The summed E-state index contributed by atoms with van der Waals surface area (Å²) in [5, 5.41) is 16.9. The lowest BCUT2D eigenvalue weighted by molar-refractivity contribution is -0.138. The summed E-state index contributed by atoms with van der Waals surface area (Å²) in [5.41, 5.74) is 3.20. The number of amides is 3. The van der Waals surface area contributed by atoms with Crippen molar-refractivity contribution in [2.45, 2.75) is 45.6 Å². The van der Waals surface area contributed by atoms with E-state index in [-0.39, 0.29) is 24.1 Å². The van der Waals surface area contributed by atoms with Crippen LogP contribution >= 0.6 is 0 Å². The van der Waals surface area contributed by atoms with E-state index in [0.717, 1.165) is 47.6 Å². The minimum atomic E-state index is -1.05. The van der Waals surface area contributed by atoms with E-state index in [1.165, 1.54) is 4.90 Å². The molecule has 0 saturated heterocycles. The second kappa shape index (κ2) is 9.95. The molecule has 1 fully saturated rings. The third-order valence-corrected chi connectivity index (χ3v) is 6.42. The Morgan fingerprint density at radius 2 is 1.53 bits per heavy atom. The van der Waals surface area contributed by atoms with Gasteiger partial charge in [-0.05, 0) is 60.7 Å². The molecule has 0 aliphatic heterocycles. The molecule has 3 amide bonds. The molecule has 1 aliphatic carbocycles. The minimum Gasteiger partial charge on any atom is -0.480 e. The van der Waals surface area contributed by atoms with Crippen LogP contribution in [0.25, 0.3) is 10.8 Å². The maximum atomic E-state index is 13.7. The molecule has 0 atom stereocenters. The normalized spacial score (nSPS) is 13.6. The zero-order valence-corrected chi connectivity index (χ0v) is 19.4. The van der Waals surface area contributed by atoms with Gasteiger partial charge in [-0.3, -0.25) is 9.59 Å². The molecule has 7 nitrogen and oxygen atoms in total. The lowest BCUT2D eigenvalue weighted by Crippen LogP contribution is -2.42. The minimum absolute atomic E-state index is 0.119. The van der Waals surface area contributed by atoms with Crippen molar-refractivity contribution in [1.29, 1.82) is 0 Å². The van der Waals surface area contributed by atoms with Crippen molar-refractivity contribution in [3.05, 3.63) is 71.3 Å². The van der Waals surface area contributed by atoms with Crippen molar-refractivity contribution < 1.29 is 19.5 Å². The van der Waals surface area contributed by atoms with Gasteiger partial charge in [0.25, 0.3) is 5.91 Å². The molecule has 0 aromatic heterocycles. The number of nitrogens with one attached hydrogen (secondary N) is 2. The highest BCUT2D eigenvalue weighted by atomic mass is 16.4. The Bertz CT molecular complexity index is 1230. The number of urea groups is 1. The first-order chi connectivity index (χ1) is 16.3. The van der Waals surface area contributed by atoms with Crippen LogP contribution in [0.1, 0.15) is 47.2 Å². The number of hydrogen-bond donors (Lipinski definition) is 3. The summed E-state index contributed by atoms with van der Waals surface area (Å²) in [6.07, 6.45) is 3.50. The number of nitrogens with zero attached hydrogens (tertiary/aromatic N) is 1. The predicted octanol–water partition coefficient (Wildman–Crippen LogP) is 5.57. The lowest BCUT2D eigenvalue weighted by atomic mass is 10.0. The Kier molecular flexibility index (Phi) is 6.82. The Hall–Kier alpha value is -3.87. The van der Waals surface area contributed by atoms with Crippen molar-refractivity contribution >= 4 is 40.1 Å². The average Bonchev–Trinajstić information content (AvgIpc) is 3.34.